The minimum absolute atomic E-state index is 0.0213. The van der Waals surface area contributed by atoms with Gasteiger partial charge in [0.15, 0.2) is 46.9 Å². The van der Waals surface area contributed by atoms with E-state index < -0.39 is 229 Å². The molecule has 624 valence electrons. The number of aliphatic hydroxyl groups excluding tert-OH is 2. The molecule has 115 heavy (non-hydrogen) atoms. The minimum atomic E-state index is -2.62. The SMILES string of the molecule is N=C(N)NCCC[C@H](NC(=O)[C@@H](CCC(=O)O)NC(=O)[C@H](CCCNC(=N)N)NC(=O)[C@@H](CC1CCCCC1)NC(=O)[C@H](Cc1c(F)c(F)c(F)c(F)c1F)NC(=O)[C@@H](CO)NC(=O)[C@H](Cc1c[nH]c2ccccc12)NC(=O)[C@@H](CO)NC(=O)[C@@H](N)Cc1ccc(C(=O)c2ccccc2)cc1)C(=O)N[C@H](CCCNC(=N)N)C(=O)O. The van der Waals surface area contributed by atoms with Crippen LogP contribution in [0.15, 0.2) is 85.1 Å². The molecule has 1 heterocycles. The molecule has 1 aliphatic carbocycles. The minimum Gasteiger partial charge on any atom is -0.481 e. The maximum atomic E-state index is 15.8. The van der Waals surface area contributed by atoms with Crippen LogP contribution in [-0.2, 0) is 72.0 Å². The zero-order chi connectivity index (χ0) is 84.6. The highest BCUT2D eigenvalue weighted by Crippen LogP contribution is 2.29. The molecule has 0 unspecified atom stereocenters. The number of hydrogen-bond acceptors (Lipinski definition) is 18. The number of carbonyl (C=O) groups excluding carboxylic acids is 10. The second-order valence-electron chi connectivity index (χ2n) is 27.4. The zero-order valence-corrected chi connectivity index (χ0v) is 62.4. The number of rotatable bonds is 46. The summed E-state index contributed by atoms with van der Waals surface area (Å²) in [7, 11) is 0. The van der Waals surface area contributed by atoms with Gasteiger partial charge in [0, 0.05) is 72.7 Å². The van der Waals surface area contributed by atoms with Gasteiger partial charge in [-0.15, -0.1) is 0 Å². The fourth-order valence-electron chi connectivity index (χ4n) is 12.6. The van der Waals surface area contributed by atoms with Crippen LogP contribution in [0.4, 0.5) is 22.0 Å². The van der Waals surface area contributed by atoms with E-state index >= 15 is 27.2 Å². The second-order valence-corrected chi connectivity index (χ2v) is 27.4. The van der Waals surface area contributed by atoms with Gasteiger partial charge in [-0.05, 0) is 80.9 Å². The first-order valence-electron chi connectivity index (χ1n) is 36.8. The molecule has 36 nitrogen and oxygen atoms in total. The summed E-state index contributed by atoms with van der Waals surface area (Å²) < 4.78 is 76.4. The van der Waals surface area contributed by atoms with Crippen molar-refractivity contribution in [2.75, 3.05) is 32.8 Å². The summed E-state index contributed by atoms with van der Waals surface area (Å²) in [6.45, 7) is -2.68. The van der Waals surface area contributed by atoms with E-state index in [1.54, 1.807) is 66.7 Å². The van der Waals surface area contributed by atoms with Crippen molar-refractivity contribution < 1.29 is 99.9 Å². The first kappa shape index (κ1) is 91.5. The number of carboxylic acids is 2. The Morgan fingerprint density at radius 2 is 0.835 bits per heavy atom. The average molecular weight is 1620 g/mol. The van der Waals surface area contributed by atoms with Gasteiger partial charge in [-0.1, -0.05) is 105 Å². The third-order valence-electron chi connectivity index (χ3n) is 18.8. The Bertz CT molecular complexity index is 4260. The van der Waals surface area contributed by atoms with Gasteiger partial charge in [0.25, 0.3) is 0 Å². The number of guanidine groups is 3. The lowest BCUT2D eigenvalue weighted by Crippen LogP contribution is -2.62. The third-order valence-corrected chi connectivity index (χ3v) is 18.8. The number of aromatic nitrogens is 1. The smallest absolute Gasteiger partial charge is 0.326 e. The normalized spacial score (nSPS) is 14.6. The van der Waals surface area contributed by atoms with Gasteiger partial charge in [-0.25, -0.2) is 26.7 Å². The van der Waals surface area contributed by atoms with Gasteiger partial charge in [-0.3, -0.25) is 69.0 Å². The quantitative estimate of drug-likeness (QED) is 0.00401. The number of hydrogen-bond donors (Lipinski definition) is 24. The molecule has 1 aliphatic rings. The summed E-state index contributed by atoms with van der Waals surface area (Å²) in [5.74, 6) is -29.1. The molecule has 0 bridgehead atoms. The zero-order valence-electron chi connectivity index (χ0n) is 62.4. The van der Waals surface area contributed by atoms with Gasteiger partial charge in [-0.2, -0.15) is 0 Å². The number of para-hydroxylation sites is 1. The molecule has 28 N–H and O–H groups in total. The maximum absolute atomic E-state index is 15.8. The lowest BCUT2D eigenvalue weighted by molar-refractivity contribution is -0.142. The topological polar surface area (TPSA) is 622 Å². The van der Waals surface area contributed by atoms with Crippen LogP contribution in [0.5, 0.6) is 0 Å². The van der Waals surface area contributed by atoms with Crippen molar-refractivity contribution in [3.05, 3.63) is 142 Å². The van der Waals surface area contributed by atoms with Crippen molar-refractivity contribution in [1.29, 1.82) is 16.2 Å². The molecule has 0 radical (unpaired) electrons. The summed E-state index contributed by atoms with van der Waals surface area (Å²) in [5.41, 5.74) is 22.9. The van der Waals surface area contributed by atoms with Gasteiger partial charge >= 0.3 is 11.9 Å². The fraction of sp³-hybridized carbons (Fsp3) is 0.446. The number of amides is 9. The Morgan fingerprint density at radius 1 is 0.443 bits per heavy atom. The van der Waals surface area contributed by atoms with Gasteiger partial charge in [0.1, 0.15) is 54.4 Å². The summed E-state index contributed by atoms with van der Waals surface area (Å²) in [4.78, 5) is 170. The molecule has 41 heteroatoms. The lowest BCUT2D eigenvalue weighted by Gasteiger charge is -2.30. The highest BCUT2D eigenvalue weighted by atomic mass is 19.2. The number of aliphatic hydroxyl groups is 2. The number of aromatic amines is 1. The Labute approximate surface area is 655 Å². The average Bonchev–Trinajstić information content (AvgIpc) is 1.30. The van der Waals surface area contributed by atoms with Crippen molar-refractivity contribution in [2.45, 2.75) is 170 Å². The number of carboxylic acid groups (broad SMARTS) is 2. The lowest BCUT2D eigenvalue weighted by atomic mass is 9.84. The monoisotopic (exact) mass is 1620 g/mol. The van der Waals surface area contributed by atoms with Crippen molar-refractivity contribution in [3.8, 4) is 0 Å². The van der Waals surface area contributed by atoms with Gasteiger partial charge in [0.2, 0.25) is 59.0 Å². The van der Waals surface area contributed by atoms with Crippen molar-refractivity contribution in [1.82, 2.24) is 68.8 Å². The standard InChI is InChI=1S/C74H97F5N20O16/c75-56-43(57(76)59(78)60(79)58(56)77)33-52(97-70(113)54(36-101)99-67(110)51(32-41-34-90-45-17-8-7-16-42(41)45)96-69(112)53(35-100)98-62(105)44(80)30-38-21-23-40(24-22-38)61(104)39-14-5-2-6-15-39)68(111)95-50(31-37-12-3-1-4-13-37)66(109)92-46(18-9-27-87-72(81)82)63(106)93-48(25-26-55(102)103)65(108)91-47(19-10-28-88-73(83)84)64(107)94-49(71(114)115)20-11-29-89-74(85)86/h2,5-8,14-17,21-24,34,37,44,46-54,90,100-101H,1,3-4,9-13,18-20,25-33,35-36,80H2,(H,91,108)(H,92,109)(H,93,106)(H,94,107)(H,95,111)(H,96,112)(H,97,113)(H,98,105)(H,99,110)(H,102,103)(H,114,115)(H4,81,82,87)(H4,83,84,88)(H4,85,86,89)/t44-,46-,47-,48+,49+,50+,51-,52-,53+,54+/m0/s1. The Balaban J connectivity index is 1.29. The maximum Gasteiger partial charge on any atom is 0.326 e. The van der Waals surface area contributed by atoms with E-state index in [1.807, 2.05) is 0 Å². The third kappa shape index (κ3) is 28.6. The van der Waals surface area contributed by atoms with Crippen LogP contribution >= 0.6 is 0 Å². The molecule has 0 aliphatic heterocycles. The van der Waals surface area contributed by atoms with E-state index in [1.165, 1.54) is 18.3 Å². The molecule has 9 amide bonds. The number of H-pyrrole nitrogens is 1. The fourth-order valence-corrected chi connectivity index (χ4v) is 12.6. The van der Waals surface area contributed by atoms with Crippen molar-refractivity contribution >= 4 is 99.7 Å². The Morgan fingerprint density at radius 3 is 1.32 bits per heavy atom. The second kappa shape index (κ2) is 45.3. The molecular formula is C74H97F5N20O16. The summed E-state index contributed by atoms with van der Waals surface area (Å²) >= 11 is 0. The van der Waals surface area contributed by atoms with Crippen LogP contribution in [0.1, 0.15) is 123 Å². The number of halogens is 5. The molecule has 1 saturated carbocycles. The highest BCUT2D eigenvalue weighted by molar-refractivity contribution is 6.09. The van der Waals surface area contributed by atoms with Crippen molar-refractivity contribution in [2.24, 2.45) is 28.9 Å². The molecule has 1 fully saturated rings. The first-order valence-corrected chi connectivity index (χ1v) is 36.8. The molecular weight excluding hydrogens is 1520 g/mol. The summed E-state index contributed by atoms with van der Waals surface area (Å²) in [5, 5.41) is 92.5. The predicted molar refractivity (Wildman–Crippen MR) is 405 cm³/mol. The highest BCUT2D eigenvalue weighted by Gasteiger charge is 2.39. The predicted octanol–water partition coefficient (Wildman–Crippen LogP) is -1.49. The Hall–Kier alpha value is -12.4. The molecule has 6 rings (SSSR count). The number of aliphatic carboxylic acids is 2. The largest absolute Gasteiger partial charge is 0.481 e. The molecule has 4 aromatic carbocycles. The van der Waals surface area contributed by atoms with E-state index in [2.05, 4.69) is 68.8 Å². The number of fused-ring (bicyclic) bond motifs is 1. The van der Waals surface area contributed by atoms with Crippen LogP contribution in [0.2, 0.25) is 0 Å². The number of nitrogens with one attached hydrogen (secondary N) is 16. The van der Waals surface area contributed by atoms with Gasteiger partial charge < -0.3 is 112 Å². The van der Waals surface area contributed by atoms with Crippen LogP contribution in [0.3, 0.4) is 0 Å². The number of benzene rings is 4. The van der Waals surface area contributed by atoms with Crippen molar-refractivity contribution in [3.63, 3.8) is 0 Å². The van der Waals surface area contributed by atoms with Crippen LogP contribution in [0, 0.1) is 51.2 Å². The Kier molecular flexibility index (Phi) is 36.1. The van der Waals surface area contributed by atoms with E-state index in [-0.39, 0.29) is 70.4 Å². The molecule has 0 saturated heterocycles. The number of carbonyl (C=O) groups is 12. The number of ketones is 1. The van der Waals surface area contributed by atoms with E-state index in [9.17, 15) is 72.8 Å². The summed E-state index contributed by atoms with van der Waals surface area (Å²) in [6, 6.07) is 2.66. The van der Waals surface area contributed by atoms with E-state index in [0.29, 0.717) is 58.8 Å². The van der Waals surface area contributed by atoms with E-state index in [4.69, 9.17) is 39.2 Å². The van der Waals surface area contributed by atoms with Crippen LogP contribution < -0.4 is 86.7 Å². The number of nitrogens with two attached hydrogens (primary N) is 4. The van der Waals surface area contributed by atoms with Gasteiger partial charge in [0.05, 0.1) is 19.3 Å². The van der Waals surface area contributed by atoms with E-state index in [0.717, 1.165) is 6.42 Å². The van der Waals surface area contributed by atoms with Crippen LogP contribution in [0.25, 0.3) is 10.9 Å². The summed E-state index contributed by atoms with van der Waals surface area (Å²) in [6.07, 6.45) is -0.897. The molecule has 1 aromatic heterocycles. The first-order chi connectivity index (χ1) is 54.7. The molecule has 10 atom stereocenters. The van der Waals surface area contributed by atoms with Crippen LogP contribution in [-0.4, -0.2) is 207 Å². The molecule has 0 spiro atoms. The molecule has 5 aromatic rings.